The van der Waals surface area contributed by atoms with Crippen molar-refractivity contribution < 1.29 is 4.79 Å². The van der Waals surface area contributed by atoms with Gasteiger partial charge in [0.25, 0.3) is 5.91 Å². The molecule has 0 spiro atoms. The summed E-state index contributed by atoms with van der Waals surface area (Å²) in [5, 5.41) is 0. The number of carbonyl (C=O) groups is 1. The molecule has 5 heteroatoms. The summed E-state index contributed by atoms with van der Waals surface area (Å²) >= 11 is 6.93. The first-order chi connectivity index (χ1) is 10.1. The molecule has 2 heterocycles. The average Bonchev–Trinajstić information content (AvgIpc) is 3.03. The van der Waals surface area contributed by atoms with Gasteiger partial charge in [-0.05, 0) is 72.9 Å². The van der Waals surface area contributed by atoms with Crippen LogP contribution in [0.25, 0.3) is 0 Å². The number of likely N-dealkylation sites (tertiary alicyclic amines) is 2. The van der Waals surface area contributed by atoms with Gasteiger partial charge in [-0.25, -0.2) is 0 Å². The SMILES string of the molecule is O=C(c1cc(Br)ccc1Br)N1CCC(N2CCCC2)CC1. The number of nitrogens with zero attached hydrogens (tertiary/aromatic N) is 2. The molecule has 3 rings (SSSR count). The molecule has 0 saturated carbocycles. The van der Waals surface area contributed by atoms with Gasteiger partial charge in [-0.15, -0.1) is 0 Å². The van der Waals surface area contributed by atoms with E-state index in [2.05, 4.69) is 36.8 Å². The van der Waals surface area contributed by atoms with Crippen LogP contribution in [0.3, 0.4) is 0 Å². The Bertz CT molecular complexity index is 521. The van der Waals surface area contributed by atoms with Crippen LogP contribution in [0.5, 0.6) is 0 Å². The Labute approximate surface area is 142 Å². The lowest BCUT2D eigenvalue weighted by Gasteiger charge is -2.36. The molecular formula is C16H20Br2N2O. The highest BCUT2D eigenvalue weighted by Gasteiger charge is 2.29. The second-order valence-corrected chi connectivity index (χ2v) is 7.66. The van der Waals surface area contributed by atoms with Crippen LogP contribution in [0.1, 0.15) is 36.0 Å². The molecule has 2 fully saturated rings. The van der Waals surface area contributed by atoms with Gasteiger partial charge < -0.3 is 9.80 Å². The van der Waals surface area contributed by atoms with Gasteiger partial charge in [-0.2, -0.15) is 0 Å². The van der Waals surface area contributed by atoms with E-state index in [0.717, 1.165) is 40.4 Å². The Kier molecular flexibility index (Phi) is 5.02. The molecule has 0 aromatic heterocycles. The fourth-order valence-electron chi connectivity index (χ4n) is 3.37. The maximum Gasteiger partial charge on any atom is 0.255 e. The number of piperidine rings is 1. The van der Waals surface area contributed by atoms with E-state index in [4.69, 9.17) is 0 Å². The van der Waals surface area contributed by atoms with E-state index in [0.29, 0.717) is 6.04 Å². The fourth-order valence-corrected chi connectivity index (χ4v) is 4.15. The third-order valence-electron chi connectivity index (χ3n) is 4.57. The third-order valence-corrected chi connectivity index (χ3v) is 5.75. The minimum absolute atomic E-state index is 0.142. The molecule has 0 radical (unpaired) electrons. The monoisotopic (exact) mass is 414 g/mol. The smallest absolute Gasteiger partial charge is 0.255 e. The highest BCUT2D eigenvalue weighted by molar-refractivity contribution is 9.11. The maximum absolute atomic E-state index is 12.7. The highest BCUT2D eigenvalue weighted by atomic mass is 79.9. The van der Waals surface area contributed by atoms with Gasteiger partial charge in [0, 0.05) is 28.1 Å². The predicted octanol–water partition coefficient (Wildman–Crippen LogP) is 3.91. The van der Waals surface area contributed by atoms with Crippen molar-refractivity contribution in [1.29, 1.82) is 0 Å². The maximum atomic E-state index is 12.7. The van der Waals surface area contributed by atoms with Gasteiger partial charge in [0.05, 0.1) is 5.56 Å². The average molecular weight is 416 g/mol. The summed E-state index contributed by atoms with van der Waals surface area (Å²) in [4.78, 5) is 17.3. The molecule has 0 aliphatic carbocycles. The Morgan fingerprint density at radius 3 is 2.38 bits per heavy atom. The normalized spacial score (nSPS) is 21.0. The molecule has 1 aromatic carbocycles. The highest BCUT2D eigenvalue weighted by Crippen LogP contribution is 2.26. The Balaban J connectivity index is 1.63. The van der Waals surface area contributed by atoms with E-state index in [9.17, 15) is 4.79 Å². The fraction of sp³-hybridized carbons (Fsp3) is 0.562. The van der Waals surface area contributed by atoms with Crippen LogP contribution < -0.4 is 0 Å². The first kappa shape index (κ1) is 15.5. The summed E-state index contributed by atoms with van der Waals surface area (Å²) in [6, 6.07) is 6.45. The Morgan fingerprint density at radius 2 is 1.71 bits per heavy atom. The van der Waals surface area contributed by atoms with Gasteiger partial charge in [-0.1, -0.05) is 15.9 Å². The number of amides is 1. The first-order valence-corrected chi connectivity index (χ1v) is 9.22. The summed E-state index contributed by atoms with van der Waals surface area (Å²) in [6.45, 7) is 4.24. The second-order valence-electron chi connectivity index (χ2n) is 5.89. The minimum atomic E-state index is 0.142. The van der Waals surface area contributed by atoms with Gasteiger partial charge in [0.2, 0.25) is 0 Å². The first-order valence-electron chi connectivity index (χ1n) is 7.63. The van der Waals surface area contributed by atoms with Crippen molar-refractivity contribution >= 4 is 37.8 Å². The lowest BCUT2D eigenvalue weighted by Crippen LogP contribution is -2.46. The molecular weight excluding hydrogens is 396 g/mol. The molecule has 21 heavy (non-hydrogen) atoms. The lowest BCUT2D eigenvalue weighted by atomic mass is 10.0. The van der Waals surface area contributed by atoms with Crippen molar-refractivity contribution in [2.45, 2.75) is 31.7 Å². The van der Waals surface area contributed by atoms with Gasteiger partial charge in [-0.3, -0.25) is 4.79 Å². The van der Waals surface area contributed by atoms with E-state index in [-0.39, 0.29) is 5.91 Å². The number of benzene rings is 1. The number of halogens is 2. The molecule has 0 N–H and O–H groups in total. The summed E-state index contributed by atoms with van der Waals surface area (Å²) in [7, 11) is 0. The third kappa shape index (κ3) is 3.51. The predicted molar refractivity (Wildman–Crippen MR) is 91.6 cm³/mol. The van der Waals surface area contributed by atoms with Crippen LogP contribution in [-0.4, -0.2) is 47.9 Å². The number of hydrogen-bond acceptors (Lipinski definition) is 2. The van der Waals surface area contributed by atoms with Gasteiger partial charge in [0.15, 0.2) is 0 Å². The summed E-state index contributed by atoms with van der Waals surface area (Å²) < 4.78 is 1.82. The van der Waals surface area contributed by atoms with Crippen molar-refractivity contribution in [3.05, 3.63) is 32.7 Å². The van der Waals surface area contributed by atoms with Crippen LogP contribution in [0.15, 0.2) is 27.1 Å². The quantitative estimate of drug-likeness (QED) is 0.730. The summed E-state index contributed by atoms with van der Waals surface area (Å²) in [5.74, 6) is 0.142. The van der Waals surface area contributed by atoms with Crippen molar-refractivity contribution in [2.24, 2.45) is 0 Å². The van der Waals surface area contributed by atoms with E-state index >= 15 is 0 Å². The van der Waals surface area contributed by atoms with Gasteiger partial charge in [0.1, 0.15) is 0 Å². The van der Waals surface area contributed by atoms with E-state index in [1.807, 2.05) is 23.1 Å². The second kappa shape index (κ2) is 6.80. The van der Waals surface area contributed by atoms with E-state index in [1.165, 1.54) is 25.9 Å². The summed E-state index contributed by atoms with van der Waals surface area (Å²) in [5.41, 5.74) is 0.754. The molecule has 114 valence electrons. The van der Waals surface area contributed by atoms with Crippen LogP contribution in [0.2, 0.25) is 0 Å². The zero-order valence-corrected chi connectivity index (χ0v) is 15.2. The van der Waals surface area contributed by atoms with Crippen LogP contribution in [0, 0.1) is 0 Å². The number of rotatable bonds is 2. The van der Waals surface area contributed by atoms with Crippen molar-refractivity contribution in [2.75, 3.05) is 26.2 Å². The van der Waals surface area contributed by atoms with Crippen molar-refractivity contribution in [1.82, 2.24) is 9.80 Å². The lowest BCUT2D eigenvalue weighted by molar-refractivity contribution is 0.0643. The number of carbonyl (C=O) groups excluding carboxylic acids is 1. The van der Waals surface area contributed by atoms with Crippen LogP contribution in [-0.2, 0) is 0 Å². The summed E-state index contributed by atoms with van der Waals surface area (Å²) in [6.07, 6.45) is 4.89. The molecule has 3 nitrogen and oxygen atoms in total. The van der Waals surface area contributed by atoms with E-state index in [1.54, 1.807) is 0 Å². The largest absolute Gasteiger partial charge is 0.338 e. The minimum Gasteiger partial charge on any atom is -0.338 e. The Morgan fingerprint density at radius 1 is 1.05 bits per heavy atom. The standard InChI is InChI=1S/C16H20Br2N2O/c17-12-3-4-15(18)14(11-12)16(21)20-9-5-13(6-10-20)19-7-1-2-8-19/h3-4,11,13H,1-2,5-10H2. The molecule has 0 atom stereocenters. The van der Waals surface area contributed by atoms with E-state index < -0.39 is 0 Å². The molecule has 1 amide bonds. The molecule has 2 saturated heterocycles. The van der Waals surface area contributed by atoms with Crippen LogP contribution >= 0.6 is 31.9 Å². The Hall–Kier alpha value is -0.390. The molecule has 2 aliphatic rings. The molecule has 2 aliphatic heterocycles. The molecule has 1 aromatic rings. The van der Waals surface area contributed by atoms with Crippen LogP contribution in [0.4, 0.5) is 0 Å². The van der Waals surface area contributed by atoms with Crippen molar-refractivity contribution in [3.63, 3.8) is 0 Å². The number of hydrogen-bond donors (Lipinski definition) is 0. The molecule has 0 bridgehead atoms. The van der Waals surface area contributed by atoms with Gasteiger partial charge >= 0.3 is 0 Å². The zero-order chi connectivity index (χ0) is 14.8. The zero-order valence-electron chi connectivity index (χ0n) is 12.0. The molecule has 0 unspecified atom stereocenters. The topological polar surface area (TPSA) is 23.6 Å². The van der Waals surface area contributed by atoms with Crippen molar-refractivity contribution in [3.8, 4) is 0 Å².